The second-order valence-corrected chi connectivity index (χ2v) is 8.29. The van der Waals surface area contributed by atoms with Crippen LogP contribution in [0.15, 0.2) is 42.5 Å². The van der Waals surface area contributed by atoms with Crippen LogP contribution in [-0.4, -0.2) is 58.8 Å². The minimum absolute atomic E-state index is 0.0533. The molecular formula is C24H33N4O3+. The van der Waals surface area contributed by atoms with Crippen molar-refractivity contribution in [2.45, 2.75) is 19.9 Å². The van der Waals surface area contributed by atoms with Crippen molar-refractivity contribution < 1.29 is 19.2 Å². The number of amides is 2. The zero-order valence-electron chi connectivity index (χ0n) is 18.8. The molecule has 0 unspecified atom stereocenters. The van der Waals surface area contributed by atoms with Crippen LogP contribution >= 0.6 is 0 Å². The molecule has 7 nitrogen and oxygen atoms in total. The summed E-state index contributed by atoms with van der Waals surface area (Å²) in [5, 5.41) is 5.58. The summed E-state index contributed by atoms with van der Waals surface area (Å²) in [6.07, 6.45) is 0. The van der Waals surface area contributed by atoms with E-state index in [0.717, 1.165) is 35.5 Å². The van der Waals surface area contributed by atoms with Gasteiger partial charge in [-0.2, -0.15) is 0 Å². The lowest BCUT2D eigenvalue weighted by Gasteiger charge is -2.32. The SMILES string of the molecule is Cc1ccc(C)c(NC(=O)C(=O)NC[C@@H](c2ccc(N(C)C)cc2)[NH+]2CCOCC2)c1. The largest absolute Gasteiger partial charge is 0.378 e. The van der Waals surface area contributed by atoms with Gasteiger partial charge in [-0.3, -0.25) is 9.59 Å². The summed E-state index contributed by atoms with van der Waals surface area (Å²) in [5.74, 6) is -1.27. The maximum absolute atomic E-state index is 12.5. The maximum Gasteiger partial charge on any atom is 0.313 e. The molecular weight excluding hydrogens is 392 g/mol. The van der Waals surface area contributed by atoms with E-state index in [2.05, 4.69) is 39.8 Å². The van der Waals surface area contributed by atoms with E-state index in [0.29, 0.717) is 25.4 Å². The first-order valence-electron chi connectivity index (χ1n) is 10.7. The number of hydrogen-bond donors (Lipinski definition) is 3. The van der Waals surface area contributed by atoms with Gasteiger partial charge in [0.25, 0.3) is 0 Å². The van der Waals surface area contributed by atoms with E-state index >= 15 is 0 Å². The molecule has 2 amide bonds. The molecule has 0 radical (unpaired) electrons. The summed E-state index contributed by atoms with van der Waals surface area (Å²) in [7, 11) is 4.02. The van der Waals surface area contributed by atoms with Crippen molar-refractivity contribution in [2.24, 2.45) is 0 Å². The van der Waals surface area contributed by atoms with Crippen molar-refractivity contribution in [3.63, 3.8) is 0 Å². The Balaban J connectivity index is 1.68. The molecule has 1 aliphatic heterocycles. The lowest BCUT2D eigenvalue weighted by Crippen LogP contribution is -3.15. The Bertz CT molecular complexity index is 906. The smallest absolute Gasteiger partial charge is 0.313 e. The van der Waals surface area contributed by atoms with Crippen molar-refractivity contribution in [1.29, 1.82) is 0 Å². The standard InChI is InChI=1S/C24H32N4O3/c1-17-5-6-18(2)21(15-17)26-24(30)23(29)25-16-22(28-11-13-31-14-12-28)19-7-9-20(10-8-19)27(3)4/h5-10,15,22H,11-14,16H2,1-4H3,(H,25,29)(H,26,30)/p+1/t22-/m0/s1. The van der Waals surface area contributed by atoms with Gasteiger partial charge in [0, 0.05) is 31.0 Å². The van der Waals surface area contributed by atoms with Crippen LogP contribution in [0.1, 0.15) is 22.7 Å². The van der Waals surface area contributed by atoms with Crippen LogP contribution in [0, 0.1) is 13.8 Å². The molecule has 3 rings (SSSR count). The topological polar surface area (TPSA) is 75.1 Å². The molecule has 0 aliphatic carbocycles. The molecule has 1 atom stereocenters. The molecule has 1 heterocycles. The molecule has 2 aromatic rings. The van der Waals surface area contributed by atoms with Crippen molar-refractivity contribution in [2.75, 3.05) is 57.2 Å². The van der Waals surface area contributed by atoms with Gasteiger partial charge in [0.2, 0.25) is 0 Å². The summed E-state index contributed by atoms with van der Waals surface area (Å²) in [6.45, 7) is 7.37. The van der Waals surface area contributed by atoms with Gasteiger partial charge < -0.3 is 25.2 Å². The number of rotatable bonds is 6. The molecule has 1 fully saturated rings. The second-order valence-electron chi connectivity index (χ2n) is 8.29. The number of morpholine rings is 1. The molecule has 166 valence electrons. The van der Waals surface area contributed by atoms with Gasteiger partial charge in [0.1, 0.15) is 19.1 Å². The van der Waals surface area contributed by atoms with E-state index in [9.17, 15) is 9.59 Å². The first-order chi connectivity index (χ1) is 14.8. The monoisotopic (exact) mass is 425 g/mol. The van der Waals surface area contributed by atoms with Crippen molar-refractivity contribution in [3.05, 3.63) is 59.2 Å². The zero-order valence-corrected chi connectivity index (χ0v) is 18.8. The van der Waals surface area contributed by atoms with E-state index in [-0.39, 0.29) is 6.04 Å². The van der Waals surface area contributed by atoms with Gasteiger partial charge in [-0.25, -0.2) is 0 Å². The summed E-state index contributed by atoms with van der Waals surface area (Å²) >= 11 is 0. The summed E-state index contributed by atoms with van der Waals surface area (Å²) in [6, 6.07) is 14.2. The average molecular weight is 426 g/mol. The number of carbonyl (C=O) groups excluding carboxylic acids is 2. The van der Waals surface area contributed by atoms with Gasteiger partial charge in [-0.05, 0) is 43.2 Å². The lowest BCUT2D eigenvalue weighted by atomic mass is 10.0. The van der Waals surface area contributed by atoms with Crippen LogP contribution in [0.5, 0.6) is 0 Å². The zero-order chi connectivity index (χ0) is 22.4. The predicted octanol–water partition coefficient (Wildman–Crippen LogP) is 1.08. The van der Waals surface area contributed by atoms with E-state index in [1.165, 1.54) is 4.90 Å². The molecule has 0 saturated carbocycles. The fourth-order valence-corrected chi connectivity index (χ4v) is 3.81. The minimum Gasteiger partial charge on any atom is -0.378 e. The number of anilines is 2. The average Bonchev–Trinajstić information content (AvgIpc) is 2.77. The minimum atomic E-state index is -0.646. The van der Waals surface area contributed by atoms with Gasteiger partial charge in [0.15, 0.2) is 0 Å². The third-order valence-corrected chi connectivity index (χ3v) is 5.75. The van der Waals surface area contributed by atoms with Crippen molar-refractivity contribution in [1.82, 2.24) is 5.32 Å². The molecule has 7 heteroatoms. The van der Waals surface area contributed by atoms with E-state index in [4.69, 9.17) is 4.74 Å². The highest BCUT2D eigenvalue weighted by atomic mass is 16.5. The molecule has 1 saturated heterocycles. The summed E-state index contributed by atoms with van der Waals surface area (Å²) in [4.78, 5) is 28.4. The number of ether oxygens (including phenoxy) is 1. The Labute approximate surface area is 184 Å². The molecule has 0 spiro atoms. The molecule has 0 aromatic heterocycles. The lowest BCUT2D eigenvalue weighted by molar-refractivity contribution is -0.937. The van der Waals surface area contributed by atoms with Crippen LogP contribution in [-0.2, 0) is 14.3 Å². The molecule has 0 bridgehead atoms. The van der Waals surface area contributed by atoms with Crippen molar-refractivity contribution in [3.8, 4) is 0 Å². The predicted molar refractivity (Wildman–Crippen MR) is 123 cm³/mol. The second kappa shape index (κ2) is 10.4. The number of quaternary nitrogens is 1. The van der Waals surface area contributed by atoms with E-state index in [1.807, 2.05) is 46.1 Å². The van der Waals surface area contributed by atoms with Crippen LogP contribution in [0.2, 0.25) is 0 Å². The Morgan fingerprint density at radius 2 is 1.71 bits per heavy atom. The normalized spacial score (nSPS) is 15.2. The van der Waals surface area contributed by atoms with Crippen LogP contribution < -0.4 is 20.4 Å². The number of aryl methyl sites for hydroxylation is 2. The third-order valence-electron chi connectivity index (χ3n) is 5.75. The number of nitrogens with one attached hydrogen (secondary N) is 3. The van der Waals surface area contributed by atoms with Gasteiger partial charge in [0.05, 0.1) is 19.8 Å². The Hall–Kier alpha value is -2.90. The number of carbonyl (C=O) groups is 2. The third kappa shape index (κ3) is 6.06. The highest BCUT2D eigenvalue weighted by Crippen LogP contribution is 2.17. The number of nitrogens with zero attached hydrogens (tertiary/aromatic N) is 1. The Kier molecular flexibility index (Phi) is 7.65. The Morgan fingerprint density at radius 3 is 2.35 bits per heavy atom. The van der Waals surface area contributed by atoms with Crippen LogP contribution in [0.4, 0.5) is 11.4 Å². The summed E-state index contributed by atoms with van der Waals surface area (Å²) in [5.41, 5.74) is 4.87. The van der Waals surface area contributed by atoms with E-state index < -0.39 is 11.8 Å². The number of hydrogen-bond acceptors (Lipinski definition) is 4. The van der Waals surface area contributed by atoms with Gasteiger partial charge in [-0.1, -0.05) is 24.3 Å². The fraction of sp³-hybridized carbons (Fsp3) is 0.417. The first kappa shape index (κ1) is 22.8. The molecule has 1 aliphatic rings. The van der Waals surface area contributed by atoms with Crippen LogP contribution in [0.25, 0.3) is 0 Å². The quantitative estimate of drug-likeness (QED) is 0.606. The maximum atomic E-state index is 12.5. The summed E-state index contributed by atoms with van der Waals surface area (Å²) < 4.78 is 5.51. The number of benzene rings is 2. The highest BCUT2D eigenvalue weighted by molar-refractivity contribution is 6.39. The highest BCUT2D eigenvalue weighted by Gasteiger charge is 2.28. The molecule has 3 N–H and O–H groups in total. The first-order valence-corrected chi connectivity index (χ1v) is 10.7. The Morgan fingerprint density at radius 1 is 1.03 bits per heavy atom. The van der Waals surface area contributed by atoms with Gasteiger partial charge in [-0.15, -0.1) is 0 Å². The fourth-order valence-electron chi connectivity index (χ4n) is 3.81. The van der Waals surface area contributed by atoms with Crippen molar-refractivity contribution >= 4 is 23.2 Å². The molecule has 31 heavy (non-hydrogen) atoms. The van der Waals surface area contributed by atoms with Crippen LogP contribution in [0.3, 0.4) is 0 Å². The van der Waals surface area contributed by atoms with E-state index in [1.54, 1.807) is 0 Å². The molecule has 2 aromatic carbocycles. The van der Waals surface area contributed by atoms with Gasteiger partial charge >= 0.3 is 11.8 Å².